The van der Waals surface area contributed by atoms with Crippen LogP contribution in [-0.2, 0) is 12.1 Å². The van der Waals surface area contributed by atoms with Gasteiger partial charge in [-0.2, -0.15) is 13.2 Å². The molecule has 1 heterocycles. The molecule has 0 N–H and O–H groups in total. The van der Waals surface area contributed by atoms with Gasteiger partial charge in [-0.15, -0.1) is 24.8 Å². The van der Waals surface area contributed by atoms with Gasteiger partial charge < -0.3 is 9.47 Å². The van der Waals surface area contributed by atoms with Gasteiger partial charge in [0.25, 0.3) is 5.88 Å². The van der Waals surface area contributed by atoms with E-state index < -0.39 is 41.3 Å². The Morgan fingerprint density at radius 3 is 2.16 bits per heavy atom. The van der Waals surface area contributed by atoms with Crippen LogP contribution in [0.4, 0.5) is 26.3 Å². The molecule has 0 amide bonds. The fourth-order valence-corrected chi connectivity index (χ4v) is 1.35. The summed E-state index contributed by atoms with van der Waals surface area (Å²) in [6.45, 7) is 0. The lowest BCUT2D eigenvalue weighted by molar-refractivity contribution is -0.276. The Morgan fingerprint density at radius 2 is 1.79 bits per heavy atom. The summed E-state index contributed by atoms with van der Waals surface area (Å²) in [7, 11) is 0.774. The second kappa shape index (κ2) is 5.32. The van der Waals surface area contributed by atoms with Crippen molar-refractivity contribution in [3.63, 3.8) is 0 Å². The van der Waals surface area contributed by atoms with E-state index in [4.69, 9.17) is 11.6 Å². The molecule has 1 aromatic rings. The monoisotopic (exact) mass is 309 g/mol. The van der Waals surface area contributed by atoms with Crippen LogP contribution in [0.3, 0.4) is 0 Å². The smallest absolute Gasteiger partial charge is 0.491 e. The highest BCUT2D eigenvalue weighted by Gasteiger charge is 2.40. The van der Waals surface area contributed by atoms with Crippen molar-refractivity contribution in [3.8, 4) is 11.6 Å². The van der Waals surface area contributed by atoms with Gasteiger partial charge in [-0.05, 0) is 6.07 Å². The van der Waals surface area contributed by atoms with E-state index in [-0.39, 0.29) is 0 Å². The number of alkyl halides is 7. The third kappa shape index (κ3) is 4.05. The van der Waals surface area contributed by atoms with Gasteiger partial charge in [-0.25, -0.2) is 4.98 Å². The van der Waals surface area contributed by atoms with E-state index in [2.05, 4.69) is 14.5 Å². The summed E-state index contributed by atoms with van der Waals surface area (Å²) >= 11 is 5.28. The molecule has 0 saturated heterocycles. The highest BCUT2D eigenvalue weighted by atomic mass is 35.5. The third-order valence-corrected chi connectivity index (χ3v) is 2.13. The van der Waals surface area contributed by atoms with Crippen LogP contribution >= 0.6 is 11.6 Å². The standard InChI is InChI=1S/C9H6ClF6NO2/c1-18-6-5(8(11,12)13)2-4(3-10)17-7(6)19-9(14,15)16/h2H,3H2,1H3. The summed E-state index contributed by atoms with van der Waals surface area (Å²) in [6.07, 6.45) is -10.1. The number of pyridine rings is 1. The van der Waals surface area contributed by atoms with Gasteiger partial charge >= 0.3 is 12.5 Å². The molecule has 0 aliphatic carbocycles. The van der Waals surface area contributed by atoms with Crippen LogP contribution in [0, 0.1) is 0 Å². The van der Waals surface area contributed by atoms with Crippen molar-refractivity contribution in [2.75, 3.05) is 7.11 Å². The van der Waals surface area contributed by atoms with Gasteiger partial charge in [0.05, 0.1) is 18.7 Å². The maximum Gasteiger partial charge on any atom is 0.574 e. The topological polar surface area (TPSA) is 31.4 Å². The molecule has 19 heavy (non-hydrogen) atoms. The molecule has 3 nitrogen and oxygen atoms in total. The first kappa shape index (κ1) is 15.7. The Balaban J connectivity index is 3.44. The normalized spacial score (nSPS) is 12.4. The predicted octanol–water partition coefficient (Wildman–Crippen LogP) is 3.75. The fraction of sp³-hybridized carbons (Fsp3) is 0.444. The molecular weight excluding hydrogens is 304 g/mol. The molecule has 108 valence electrons. The molecule has 0 spiro atoms. The van der Waals surface area contributed by atoms with E-state index >= 15 is 0 Å². The van der Waals surface area contributed by atoms with Crippen molar-refractivity contribution >= 4 is 11.6 Å². The van der Waals surface area contributed by atoms with Crippen LogP contribution < -0.4 is 9.47 Å². The lowest BCUT2D eigenvalue weighted by atomic mass is 10.2. The summed E-state index contributed by atoms with van der Waals surface area (Å²) < 4.78 is 82.0. The second-order valence-electron chi connectivity index (χ2n) is 3.18. The molecule has 0 bridgehead atoms. The largest absolute Gasteiger partial charge is 0.574 e. The van der Waals surface area contributed by atoms with Gasteiger partial charge in [0.2, 0.25) is 0 Å². The lowest BCUT2D eigenvalue weighted by Crippen LogP contribution is -2.20. The van der Waals surface area contributed by atoms with Crippen molar-refractivity contribution in [2.24, 2.45) is 0 Å². The molecule has 0 radical (unpaired) electrons. The minimum atomic E-state index is -5.20. The molecular formula is C9H6ClF6NO2. The minimum absolute atomic E-state index is 0.422. The summed E-state index contributed by atoms with van der Waals surface area (Å²) in [4.78, 5) is 3.22. The summed E-state index contributed by atoms with van der Waals surface area (Å²) in [5.41, 5.74) is -1.87. The van der Waals surface area contributed by atoms with Crippen molar-refractivity contribution in [1.82, 2.24) is 4.98 Å². The number of aromatic nitrogens is 1. The number of hydrogen-bond acceptors (Lipinski definition) is 3. The van der Waals surface area contributed by atoms with Gasteiger partial charge in [0, 0.05) is 0 Å². The van der Waals surface area contributed by atoms with E-state index in [0.717, 1.165) is 7.11 Å². The van der Waals surface area contributed by atoms with E-state index in [9.17, 15) is 26.3 Å². The number of rotatable bonds is 3. The maximum atomic E-state index is 12.7. The molecule has 0 atom stereocenters. The van der Waals surface area contributed by atoms with Crippen LogP contribution in [0.25, 0.3) is 0 Å². The van der Waals surface area contributed by atoms with Crippen LogP contribution in [0.1, 0.15) is 11.3 Å². The zero-order valence-electron chi connectivity index (χ0n) is 9.19. The van der Waals surface area contributed by atoms with Crippen molar-refractivity contribution in [1.29, 1.82) is 0 Å². The Hall–Kier alpha value is -1.38. The zero-order chi connectivity index (χ0) is 14.8. The maximum absolute atomic E-state index is 12.7. The number of hydrogen-bond donors (Lipinski definition) is 0. The first-order valence-corrected chi connectivity index (χ1v) is 5.08. The highest BCUT2D eigenvalue weighted by Crippen LogP contribution is 2.42. The van der Waals surface area contributed by atoms with Crippen molar-refractivity contribution in [2.45, 2.75) is 18.4 Å². The van der Waals surface area contributed by atoms with E-state index in [1.165, 1.54) is 0 Å². The molecule has 0 saturated carbocycles. The molecule has 1 aromatic heterocycles. The highest BCUT2D eigenvalue weighted by molar-refractivity contribution is 6.16. The Labute approximate surface area is 108 Å². The SMILES string of the molecule is COc1c(C(F)(F)F)cc(CCl)nc1OC(F)(F)F. The Bertz CT molecular complexity index is 459. The third-order valence-electron chi connectivity index (χ3n) is 1.85. The first-order chi connectivity index (χ1) is 8.58. The van der Waals surface area contributed by atoms with Crippen LogP contribution in [0.15, 0.2) is 6.07 Å². The van der Waals surface area contributed by atoms with E-state index in [1.807, 2.05) is 0 Å². The molecule has 0 aliphatic rings. The molecule has 0 unspecified atom stereocenters. The van der Waals surface area contributed by atoms with Gasteiger partial charge in [0.1, 0.15) is 5.56 Å². The number of ether oxygens (including phenoxy) is 2. The molecule has 0 aliphatic heterocycles. The Kier molecular flexibility index (Phi) is 4.39. The van der Waals surface area contributed by atoms with Gasteiger partial charge in [-0.1, -0.05) is 0 Å². The Morgan fingerprint density at radius 1 is 1.21 bits per heavy atom. The first-order valence-electron chi connectivity index (χ1n) is 4.55. The number of nitrogens with zero attached hydrogens (tertiary/aromatic N) is 1. The summed E-state index contributed by atoms with van der Waals surface area (Å²) in [5.74, 6) is -3.00. The van der Waals surface area contributed by atoms with E-state index in [1.54, 1.807) is 0 Å². The molecule has 10 heteroatoms. The average Bonchev–Trinajstić information content (AvgIpc) is 2.24. The lowest BCUT2D eigenvalue weighted by Gasteiger charge is -2.17. The van der Waals surface area contributed by atoms with E-state index in [0.29, 0.717) is 6.07 Å². The second-order valence-corrected chi connectivity index (χ2v) is 3.45. The molecule has 0 fully saturated rings. The fourth-order valence-electron chi connectivity index (χ4n) is 1.22. The van der Waals surface area contributed by atoms with Crippen LogP contribution in [0.2, 0.25) is 0 Å². The number of halogens is 7. The number of methoxy groups -OCH3 is 1. The van der Waals surface area contributed by atoms with Crippen molar-refractivity contribution < 1.29 is 35.8 Å². The zero-order valence-corrected chi connectivity index (χ0v) is 9.95. The van der Waals surface area contributed by atoms with Gasteiger partial charge in [0.15, 0.2) is 5.75 Å². The van der Waals surface area contributed by atoms with Crippen LogP contribution in [-0.4, -0.2) is 18.5 Å². The summed E-state index contributed by atoms with van der Waals surface area (Å²) in [6, 6.07) is 0.495. The minimum Gasteiger partial charge on any atom is -0.491 e. The average molecular weight is 310 g/mol. The van der Waals surface area contributed by atoms with Crippen molar-refractivity contribution in [3.05, 3.63) is 17.3 Å². The molecule has 1 rings (SSSR count). The quantitative estimate of drug-likeness (QED) is 0.629. The van der Waals surface area contributed by atoms with Crippen LogP contribution in [0.5, 0.6) is 11.6 Å². The predicted molar refractivity (Wildman–Crippen MR) is 52.0 cm³/mol. The summed E-state index contributed by atoms with van der Waals surface area (Å²) in [5, 5.41) is 0. The molecule has 0 aromatic carbocycles. The van der Waals surface area contributed by atoms with Gasteiger partial charge in [-0.3, -0.25) is 0 Å².